The van der Waals surface area contributed by atoms with Gasteiger partial charge in [-0.1, -0.05) is 57.0 Å². The number of aryl methyl sites for hydroxylation is 2. The summed E-state index contributed by atoms with van der Waals surface area (Å²) in [5.74, 6) is 1.55. The van der Waals surface area contributed by atoms with Gasteiger partial charge in [0.05, 0.1) is 0 Å². The molecule has 3 rings (SSSR count). The van der Waals surface area contributed by atoms with Crippen LogP contribution in [0.3, 0.4) is 0 Å². The molecule has 0 bridgehead atoms. The van der Waals surface area contributed by atoms with Crippen molar-refractivity contribution in [1.82, 2.24) is 0 Å². The first-order chi connectivity index (χ1) is 16.8. The summed E-state index contributed by atoms with van der Waals surface area (Å²) >= 11 is 0. The lowest BCUT2D eigenvalue weighted by molar-refractivity contribution is 0.296. The molecule has 5 heteroatoms. The van der Waals surface area contributed by atoms with Crippen LogP contribution in [0.15, 0.2) is 54.6 Å². The highest BCUT2D eigenvalue weighted by atomic mass is 31.2. The van der Waals surface area contributed by atoms with Crippen LogP contribution < -0.4 is 13.6 Å². The number of phosphoric acid groups is 1. The molecule has 188 valence electrons. The molecule has 0 aliphatic rings. The first-order valence-electron chi connectivity index (χ1n) is 12.7. The zero-order valence-corrected chi connectivity index (χ0v) is 22.9. The van der Waals surface area contributed by atoms with E-state index in [4.69, 9.17) is 13.6 Å². The predicted molar refractivity (Wildman–Crippen MR) is 145 cm³/mol. The maximum absolute atomic E-state index is 14.3. The molecule has 0 aliphatic heterocycles. The van der Waals surface area contributed by atoms with Gasteiger partial charge in [0.15, 0.2) is 0 Å². The van der Waals surface area contributed by atoms with E-state index in [9.17, 15) is 4.57 Å². The minimum Gasteiger partial charge on any atom is -0.386 e. The quantitative estimate of drug-likeness (QED) is 0.235. The van der Waals surface area contributed by atoms with Gasteiger partial charge in [-0.15, -0.1) is 0 Å². The van der Waals surface area contributed by atoms with Crippen molar-refractivity contribution in [1.29, 1.82) is 0 Å². The summed E-state index contributed by atoms with van der Waals surface area (Å²) in [7, 11) is -4.07. The van der Waals surface area contributed by atoms with Crippen molar-refractivity contribution in [3.05, 3.63) is 88.0 Å². The number of phosphoric ester groups is 1. The fourth-order valence-electron chi connectivity index (χ4n) is 4.10. The lowest BCUT2D eigenvalue weighted by Crippen LogP contribution is -2.11. The maximum Gasteiger partial charge on any atom is 0.647 e. The molecular weight excluding hydrogens is 455 g/mol. The molecule has 0 atom stereocenters. The molecule has 0 radical (unpaired) electrons. The van der Waals surface area contributed by atoms with E-state index in [-0.39, 0.29) is 0 Å². The molecule has 0 fully saturated rings. The second-order valence-electron chi connectivity index (χ2n) is 9.21. The minimum absolute atomic E-state index is 0.439. The summed E-state index contributed by atoms with van der Waals surface area (Å²) in [6.07, 6.45) is 5.84. The van der Waals surface area contributed by atoms with Gasteiger partial charge >= 0.3 is 7.82 Å². The van der Waals surface area contributed by atoms with Crippen molar-refractivity contribution in [3.63, 3.8) is 0 Å². The van der Waals surface area contributed by atoms with Crippen molar-refractivity contribution in [2.45, 2.75) is 80.1 Å². The van der Waals surface area contributed by atoms with Crippen LogP contribution in [0.25, 0.3) is 0 Å². The van der Waals surface area contributed by atoms with Crippen molar-refractivity contribution >= 4 is 7.82 Å². The van der Waals surface area contributed by atoms with Gasteiger partial charge in [-0.2, -0.15) is 4.57 Å². The van der Waals surface area contributed by atoms with Crippen molar-refractivity contribution < 1.29 is 18.1 Å². The summed E-state index contributed by atoms with van der Waals surface area (Å²) in [6, 6.07) is 16.8. The topological polar surface area (TPSA) is 44.8 Å². The van der Waals surface area contributed by atoms with E-state index in [0.717, 1.165) is 60.8 Å². The minimum atomic E-state index is -4.07. The highest BCUT2D eigenvalue weighted by Gasteiger charge is 2.35. The Morgan fingerprint density at radius 2 is 1.09 bits per heavy atom. The zero-order chi connectivity index (χ0) is 25.4. The molecule has 0 unspecified atom stereocenters. The largest absolute Gasteiger partial charge is 0.647 e. The molecule has 3 aromatic rings. The molecule has 3 aromatic carbocycles. The molecule has 0 aliphatic carbocycles. The van der Waals surface area contributed by atoms with E-state index >= 15 is 0 Å². The fraction of sp³-hybridized carbons (Fsp3) is 0.400. The smallest absolute Gasteiger partial charge is 0.386 e. The highest BCUT2D eigenvalue weighted by molar-refractivity contribution is 7.49. The number of hydrogen-bond donors (Lipinski definition) is 0. The third-order valence-corrected chi connectivity index (χ3v) is 7.87. The molecule has 0 saturated carbocycles. The normalized spacial score (nSPS) is 11.4. The average molecular weight is 495 g/mol. The van der Waals surface area contributed by atoms with Crippen molar-refractivity contribution in [3.8, 4) is 17.2 Å². The number of hydrogen-bond acceptors (Lipinski definition) is 4. The molecule has 0 spiro atoms. The molecule has 0 aromatic heterocycles. The monoisotopic (exact) mass is 494 g/mol. The van der Waals surface area contributed by atoms with Gasteiger partial charge in [0.2, 0.25) is 0 Å². The second-order valence-corrected chi connectivity index (χ2v) is 10.7. The van der Waals surface area contributed by atoms with E-state index in [1.54, 1.807) is 12.1 Å². The molecule has 0 amide bonds. The van der Waals surface area contributed by atoms with Crippen molar-refractivity contribution in [2.24, 2.45) is 0 Å². The van der Waals surface area contributed by atoms with Crippen LogP contribution in [0.2, 0.25) is 0 Å². The Morgan fingerprint density at radius 1 is 0.629 bits per heavy atom. The Bertz CT molecular complexity index is 1100. The van der Waals surface area contributed by atoms with Gasteiger partial charge in [-0.05, 0) is 111 Å². The first-order valence-corrected chi connectivity index (χ1v) is 14.2. The van der Waals surface area contributed by atoms with Gasteiger partial charge in [0.1, 0.15) is 17.2 Å². The van der Waals surface area contributed by atoms with Crippen LogP contribution in [0.1, 0.15) is 72.9 Å². The van der Waals surface area contributed by atoms with Crippen LogP contribution in [0, 0.1) is 27.7 Å². The molecule has 0 N–H and O–H groups in total. The van der Waals surface area contributed by atoms with E-state index in [1.165, 1.54) is 11.1 Å². The summed E-state index contributed by atoms with van der Waals surface area (Å²) in [4.78, 5) is 0. The van der Waals surface area contributed by atoms with Gasteiger partial charge in [-0.3, -0.25) is 0 Å². The Labute approximate surface area is 211 Å². The van der Waals surface area contributed by atoms with Crippen LogP contribution >= 0.6 is 7.82 Å². The molecule has 0 heterocycles. The van der Waals surface area contributed by atoms with Crippen molar-refractivity contribution in [2.75, 3.05) is 0 Å². The average Bonchev–Trinajstić information content (AvgIpc) is 2.84. The summed E-state index contributed by atoms with van der Waals surface area (Å²) in [6.45, 7) is 12.7. The van der Waals surface area contributed by atoms with Gasteiger partial charge in [-0.25, -0.2) is 0 Å². The lowest BCUT2D eigenvalue weighted by atomic mass is 9.98. The van der Waals surface area contributed by atoms with E-state index in [1.807, 2.05) is 42.5 Å². The summed E-state index contributed by atoms with van der Waals surface area (Å²) < 4.78 is 32.7. The standard InChI is InChI=1S/C30H39O4P/c1-7-9-16-27-24(5)22(3)18-20-29(27)33-35(31,32-26-14-12-11-13-15-26)34-30-21-19-23(4)25(6)28(30)17-10-8-2/h11-15,18-21H,7-10,16-17H2,1-6H3. The zero-order valence-electron chi connectivity index (χ0n) is 22.0. The van der Waals surface area contributed by atoms with Gasteiger partial charge in [0, 0.05) is 0 Å². The number of rotatable bonds is 12. The van der Waals surface area contributed by atoms with Crippen LogP contribution in [0.4, 0.5) is 0 Å². The van der Waals surface area contributed by atoms with E-state index < -0.39 is 7.82 Å². The highest BCUT2D eigenvalue weighted by Crippen LogP contribution is 2.52. The predicted octanol–water partition coefficient (Wildman–Crippen LogP) is 9.25. The molecule has 0 saturated heterocycles. The Kier molecular flexibility index (Phi) is 9.46. The van der Waals surface area contributed by atoms with E-state index in [0.29, 0.717) is 17.2 Å². The second kappa shape index (κ2) is 12.3. The number of unbranched alkanes of at least 4 members (excludes halogenated alkanes) is 2. The summed E-state index contributed by atoms with van der Waals surface area (Å²) in [5, 5.41) is 0. The number of para-hydroxylation sites is 1. The third-order valence-electron chi connectivity index (χ3n) is 6.59. The van der Waals surface area contributed by atoms with Crippen LogP contribution in [-0.2, 0) is 17.4 Å². The lowest BCUT2D eigenvalue weighted by Gasteiger charge is -2.24. The first kappa shape index (κ1) is 26.9. The maximum atomic E-state index is 14.3. The molecule has 35 heavy (non-hydrogen) atoms. The SMILES string of the molecule is CCCCc1c(OP(=O)(Oc2ccccc2)Oc2ccc(C)c(C)c2CCCC)ccc(C)c1C. The summed E-state index contributed by atoms with van der Waals surface area (Å²) in [5.41, 5.74) is 6.77. The van der Waals surface area contributed by atoms with Gasteiger partial charge in [0.25, 0.3) is 0 Å². The Balaban J connectivity index is 2.06. The van der Waals surface area contributed by atoms with Gasteiger partial charge < -0.3 is 13.6 Å². The fourth-order valence-corrected chi connectivity index (χ4v) is 5.42. The van der Waals surface area contributed by atoms with Crippen LogP contribution in [-0.4, -0.2) is 0 Å². The van der Waals surface area contributed by atoms with Crippen LogP contribution in [0.5, 0.6) is 17.2 Å². The Hall–Kier alpha value is -2.71. The van der Waals surface area contributed by atoms with E-state index in [2.05, 4.69) is 41.5 Å². The molecular formula is C30H39O4P. The number of benzene rings is 3. The third kappa shape index (κ3) is 6.92. The Morgan fingerprint density at radius 3 is 1.51 bits per heavy atom. The molecule has 4 nitrogen and oxygen atoms in total.